The van der Waals surface area contributed by atoms with Gasteiger partial charge < -0.3 is 10.6 Å². The number of nitro benzene ring substituents is 1. The van der Waals surface area contributed by atoms with Gasteiger partial charge in [0.1, 0.15) is 0 Å². The number of benzene rings is 2. The summed E-state index contributed by atoms with van der Waals surface area (Å²) in [5.41, 5.74) is -0.135. The third kappa shape index (κ3) is 3.72. The number of nitrogens with zero attached hydrogens (tertiary/aromatic N) is 1. The highest BCUT2D eigenvalue weighted by Crippen LogP contribution is 2.27. The fraction of sp³-hybridized carbons (Fsp3) is 0. The van der Waals surface area contributed by atoms with Crippen LogP contribution in [0.5, 0.6) is 5.75 Å². The molecular weight excluding hydrogens is 420 g/mol. The van der Waals surface area contributed by atoms with Gasteiger partial charge in [0.2, 0.25) is 7.14 Å². The minimum Gasteiger partial charge on any atom is -0.870 e. The van der Waals surface area contributed by atoms with E-state index in [0.29, 0.717) is 8.59 Å². The lowest BCUT2D eigenvalue weighted by molar-refractivity contribution is -0.598. The van der Waals surface area contributed by atoms with Crippen LogP contribution in [0.15, 0.2) is 36.4 Å². The van der Waals surface area contributed by atoms with Crippen molar-refractivity contribution in [3.05, 3.63) is 63.7 Å². The van der Waals surface area contributed by atoms with Crippen molar-refractivity contribution in [3.8, 4) is 5.75 Å². The Balaban J connectivity index is 0.00000200. The predicted molar refractivity (Wildman–Crippen MR) is 70.6 cm³/mol. The number of hydrogen-bond acceptors (Lipinski definition) is 4. The Morgan fingerprint density at radius 3 is 2.35 bits per heavy atom. The molecule has 8 heteroatoms. The van der Waals surface area contributed by atoms with Crippen molar-refractivity contribution < 1.29 is 36.7 Å². The van der Waals surface area contributed by atoms with E-state index >= 15 is 0 Å². The van der Waals surface area contributed by atoms with E-state index in [0.717, 1.165) is 9.64 Å². The van der Waals surface area contributed by atoms with E-state index in [-0.39, 0.29) is 21.9 Å². The van der Waals surface area contributed by atoms with E-state index in [4.69, 9.17) is 23.2 Å². The van der Waals surface area contributed by atoms with Crippen LogP contribution in [0.3, 0.4) is 0 Å². The third-order valence-electron chi connectivity index (χ3n) is 2.24. The molecule has 2 aromatic rings. The second-order valence-corrected chi connectivity index (χ2v) is 7.20. The first-order valence-electron chi connectivity index (χ1n) is 5.05. The largest absolute Gasteiger partial charge is 0.870 e. The Labute approximate surface area is 134 Å². The summed E-state index contributed by atoms with van der Waals surface area (Å²) in [5.74, 6) is -0.111. The second-order valence-electron chi connectivity index (χ2n) is 3.52. The monoisotopic (exact) mass is 427 g/mol. The molecule has 0 fully saturated rings. The zero-order chi connectivity index (χ0) is 14.0. The normalized spacial score (nSPS) is 9.90. The molecule has 106 valence electrons. The Morgan fingerprint density at radius 1 is 1.10 bits per heavy atom. The maximum Gasteiger partial charge on any atom is 0.364 e. The summed E-state index contributed by atoms with van der Waals surface area (Å²) in [6.07, 6.45) is 0. The number of non-ortho nitro benzene ring substituents is 1. The number of aromatic hydroxyl groups is 1. The summed E-state index contributed by atoms with van der Waals surface area (Å²) < 4.78 is 1.35. The summed E-state index contributed by atoms with van der Waals surface area (Å²) in [6, 6.07) is 9.69. The first-order valence-corrected chi connectivity index (χ1v) is 7.96. The van der Waals surface area contributed by atoms with Gasteiger partial charge in [-0.15, -0.1) is 0 Å². The molecule has 0 aliphatic carbocycles. The van der Waals surface area contributed by atoms with Crippen molar-refractivity contribution in [1.82, 2.24) is 0 Å². The average Bonchev–Trinajstić information content (AvgIpc) is 2.37. The minimum absolute atomic E-state index is 0. The van der Waals surface area contributed by atoms with Gasteiger partial charge in [-0.25, -0.2) is 0 Å². The molecule has 0 aromatic heterocycles. The smallest absolute Gasteiger partial charge is 0.364 e. The minimum atomic E-state index is -0.845. The van der Waals surface area contributed by atoms with Crippen molar-refractivity contribution in [2.75, 3.05) is 0 Å². The predicted octanol–water partition coefficient (Wildman–Crippen LogP) is 0.559. The lowest BCUT2D eigenvalue weighted by Crippen LogP contribution is -3.61. The van der Waals surface area contributed by atoms with Crippen molar-refractivity contribution in [2.24, 2.45) is 0 Å². The molecule has 0 aliphatic rings. The summed E-state index contributed by atoms with van der Waals surface area (Å²) in [6.45, 7) is 0. The van der Waals surface area contributed by atoms with Gasteiger partial charge in [-0.05, 0) is 12.1 Å². The highest BCUT2D eigenvalue weighted by Gasteiger charge is 2.27. The molecule has 2 aromatic carbocycles. The number of hydrogen-bond donors (Lipinski definition) is 1. The van der Waals surface area contributed by atoms with E-state index in [9.17, 15) is 15.2 Å². The van der Waals surface area contributed by atoms with Crippen LogP contribution < -0.4 is 21.2 Å². The summed E-state index contributed by atoms with van der Waals surface area (Å²) >= 11 is 11.0. The number of nitro groups is 1. The number of halogens is 3. The van der Waals surface area contributed by atoms with Crippen molar-refractivity contribution >= 4 is 28.9 Å². The average molecular weight is 428 g/mol. The van der Waals surface area contributed by atoms with Gasteiger partial charge in [0, 0.05) is 6.07 Å². The summed E-state index contributed by atoms with van der Waals surface area (Å²) in [4.78, 5) is 10.3. The van der Waals surface area contributed by atoms with Crippen LogP contribution in [0.4, 0.5) is 5.69 Å². The zero-order valence-electron chi connectivity index (χ0n) is 9.76. The Bertz CT molecular complexity index is 651. The molecule has 0 bridgehead atoms. The highest BCUT2D eigenvalue weighted by molar-refractivity contribution is 6.32. The fourth-order valence-electron chi connectivity index (χ4n) is 1.36. The third-order valence-corrected chi connectivity index (χ3v) is 6.10. The van der Waals surface area contributed by atoms with Crippen LogP contribution in [0, 0.1) is 17.3 Å². The molecule has 0 heterocycles. The van der Waals surface area contributed by atoms with E-state index < -0.39 is 26.1 Å². The molecule has 0 saturated carbocycles. The van der Waals surface area contributed by atoms with Gasteiger partial charge in [-0.1, -0.05) is 35.3 Å². The maximum absolute atomic E-state index is 10.8. The Hall–Kier alpha value is -1.09. The van der Waals surface area contributed by atoms with Crippen molar-refractivity contribution in [2.45, 2.75) is 0 Å². The van der Waals surface area contributed by atoms with Crippen LogP contribution in [-0.4, -0.2) is 15.5 Å². The summed E-state index contributed by atoms with van der Waals surface area (Å²) in [7, 11) is 0. The number of rotatable bonds is 3. The lowest BCUT2D eigenvalue weighted by Gasteiger charge is -1.97. The Kier molecular flexibility index (Phi) is 6.00. The SMILES string of the molecule is O=[N+]([O-])c1cc(Cl)c(O)c([I+]c2ccccc2Cl)c1.[OH-]. The van der Waals surface area contributed by atoms with E-state index in [1.54, 1.807) is 12.1 Å². The maximum atomic E-state index is 10.8. The number of phenols is 1. The van der Waals surface area contributed by atoms with Gasteiger partial charge in [-0.2, -0.15) is 0 Å². The molecule has 0 amide bonds. The Morgan fingerprint density at radius 2 is 1.75 bits per heavy atom. The first-order chi connectivity index (χ1) is 8.99. The highest BCUT2D eigenvalue weighted by atomic mass is 127. The van der Waals surface area contributed by atoms with Crippen LogP contribution in [-0.2, 0) is 0 Å². The van der Waals surface area contributed by atoms with Gasteiger partial charge in [0.05, 0.1) is 21.0 Å². The zero-order valence-corrected chi connectivity index (χ0v) is 13.4. The van der Waals surface area contributed by atoms with Crippen LogP contribution in [0.1, 0.15) is 0 Å². The van der Waals surface area contributed by atoms with E-state index in [1.807, 2.05) is 12.1 Å². The van der Waals surface area contributed by atoms with Gasteiger partial charge in [0.15, 0.2) is 5.75 Å². The van der Waals surface area contributed by atoms with Crippen molar-refractivity contribution in [3.63, 3.8) is 0 Å². The molecule has 0 unspecified atom stereocenters. The number of phenolic OH excluding ortho intramolecular Hbond substituents is 1. The standard InChI is InChI=1S/C12H6Cl2INO3.H2O/c13-8-3-1-2-4-10(8)15-11-6-7(16(18)19)5-9(14)12(11)17;/h1-6H;1H2. The van der Waals surface area contributed by atoms with Gasteiger partial charge in [-0.3, -0.25) is 10.1 Å². The van der Waals surface area contributed by atoms with Crippen LogP contribution >= 0.6 is 23.2 Å². The van der Waals surface area contributed by atoms with Crippen molar-refractivity contribution in [1.29, 1.82) is 0 Å². The quantitative estimate of drug-likeness (QED) is 0.440. The molecule has 0 spiro atoms. The van der Waals surface area contributed by atoms with E-state index in [2.05, 4.69) is 0 Å². The van der Waals surface area contributed by atoms with E-state index in [1.165, 1.54) is 6.07 Å². The fourth-order valence-corrected chi connectivity index (χ4v) is 4.58. The molecule has 2 rings (SSSR count). The molecule has 2 N–H and O–H groups in total. The molecule has 0 aliphatic heterocycles. The lowest BCUT2D eigenvalue weighted by atomic mass is 10.3. The van der Waals surface area contributed by atoms with Crippen LogP contribution in [0.25, 0.3) is 0 Å². The first kappa shape index (κ1) is 17.0. The summed E-state index contributed by atoms with van der Waals surface area (Å²) in [5, 5.41) is 21.2. The topological polar surface area (TPSA) is 93.4 Å². The van der Waals surface area contributed by atoms with Crippen LogP contribution in [0.2, 0.25) is 10.0 Å². The van der Waals surface area contributed by atoms with Gasteiger partial charge in [0.25, 0.3) is 5.69 Å². The molecule has 0 radical (unpaired) electrons. The molecule has 20 heavy (non-hydrogen) atoms. The molecule has 0 saturated heterocycles. The molecular formula is C12H8Cl2INO4. The van der Waals surface area contributed by atoms with Gasteiger partial charge >= 0.3 is 21.2 Å². The molecule has 0 atom stereocenters. The molecule has 5 nitrogen and oxygen atoms in total. The second kappa shape index (κ2) is 7.07.